The van der Waals surface area contributed by atoms with Crippen LogP contribution in [-0.2, 0) is 0 Å². The lowest BCUT2D eigenvalue weighted by Gasteiger charge is -2.12. The summed E-state index contributed by atoms with van der Waals surface area (Å²) in [5.74, 6) is 1.76. The topological polar surface area (TPSA) is 65.0 Å². The second-order valence-corrected chi connectivity index (χ2v) is 14.4. The highest BCUT2D eigenvalue weighted by Gasteiger charge is 2.17. The number of hydrogen-bond acceptors (Lipinski definition) is 5. The molecular formula is C51H29N3O2. The predicted molar refractivity (Wildman–Crippen MR) is 229 cm³/mol. The number of nitrogens with zero attached hydrogens (tertiary/aromatic N) is 3. The monoisotopic (exact) mass is 715 g/mol. The van der Waals surface area contributed by atoms with E-state index in [9.17, 15) is 0 Å². The Labute approximate surface area is 320 Å². The van der Waals surface area contributed by atoms with E-state index < -0.39 is 0 Å². The molecule has 9 aromatic carbocycles. The normalized spacial score (nSPS) is 11.9. The molecule has 0 aliphatic rings. The number of para-hydroxylation sites is 1. The largest absolute Gasteiger partial charge is 0.456 e. The average molecular weight is 716 g/mol. The molecule has 0 atom stereocenters. The second-order valence-electron chi connectivity index (χ2n) is 14.4. The van der Waals surface area contributed by atoms with Crippen molar-refractivity contribution >= 4 is 76.2 Å². The molecule has 5 heteroatoms. The van der Waals surface area contributed by atoms with E-state index in [4.69, 9.17) is 23.8 Å². The zero-order valence-electron chi connectivity index (χ0n) is 29.9. The molecule has 260 valence electrons. The van der Waals surface area contributed by atoms with Gasteiger partial charge in [-0.1, -0.05) is 121 Å². The second kappa shape index (κ2) is 11.9. The quantitative estimate of drug-likeness (QED) is 0.170. The van der Waals surface area contributed by atoms with Crippen LogP contribution in [0, 0.1) is 0 Å². The summed E-state index contributed by atoms with van der Waals surface area (Å²) in [6, 6.07) is 61.2. The molecule has 0 spiro atoms. The third-order valence-corrected chi connectivity index (χ3v) is 11.1. The fraction of sp³-hybridized carbons (Fsp3) is 0. The Hall–Kier alpha value is -7.63. The fourth-order valence-corrected chi connectivity index (χ4v) is 8.40. The molecule has 0 radical (unpaired) electrons. The van der Waals surface area contributed by atoms with E-state index in [-0.39, 0.29) is 0 Å². The third kappa shape index (κ3) is 4.78. The van der Waals surface area contributed by atoms with Gasteiger partial charge in [0.05, 0.1) is 0 Å². The summed E-state index contributed by atoms with van der Waals surface area (Å²) in [5, 5.41) is 11.8. The van der Waals surface area contributed by atoms with Gasteiger partial charge in [-0.15, -0.1) is 0 Å². The molecule has 0 fully saturated rings. The van der Waals surface area contributed by atoms with Crippen molar-refractivity contribution in [1.29, 1.82) is 0 Å². The molecule has 12 rings (SSSR count). The number of furan rings is 2. The van der Waals surface area contributed by atoms with Gasteiger partial charge in [-0.3, -0.25) is 0 Å². The molecule has 0 bridgehead atoms. The van der Waals surface area contributed by atoms with Crippen LogP contribution in [0.25, 0.3) is 121 Å². The van der Waals surface area contributed by atoms with Crippen LogP contribution in [0.4, 0.5) is 0 Å². The summed E-state index contributed by atoms with van der Waals surface area (Å²) < 4.78 is 12.6. The van der Waals surface area contributed by atoms with Crippen LogP contribution < -0.4 is 0 Å². The van der Waals surface area contributed by atoms with Crippen molar-refractivity contribution < 1.29 is 8.83 Å². The third-order valence-electron chi connectivity index (χ3n) is 11.1. The number of aromatic nitrogens is 3. The zero-order chi connectivity index (χ0) is 36.7. The van der Waals surface area contributed by atoms with Gasteiger partial charge in [0.25, 0.3) is 0 Å². The first kappa shape index (κ1) is 30.8. The first-order chi connectivity index (χ1) is 27.7. The SMILES string of the molecule is c1ccc(-c2nc(-c3ccc4c(c3)oc3ccccc34)nc(-c3ccc4oc5ccc(-c6ccc7c8ccccc8c8ccccc8c7c6)cc5c4c3)n2)cc1. The summed E-state index contributed by atoms with van der Waals surface area (Å²) in [4.78, 5) is 15.1. The van der Waals surface area contributed by atoms with Gasteiger partial charge in [0.1, 0.15) is 22.3 Å². The van der Waals surface area contributed by atoms with Crippen LogP contribution in [0.2, 0.25) is 0 Å². The van der Waals surface area contributed by atoms with Crippen LogP contribution in [0.5, 0.6) is 0 Å². The maximum atomic E-state index is 6.40. The maximum absolute atomic E-state index is 6.40. The summed E-state index contributed by atoms with van der Waals surface area (Å²) >= 11 is 0. The van der Waals surface area contributed by atoms with E-state index in [1.807, 2.05) is 66.7 Å². The lowest BCUT2D eigenvalue weighted by atomic mass is 9.92. The summed E-state index contributed by atoms with van der Waals surface area (Å²) in [6.07, 6.45) is 0. The Morgan fingerprint density at radius 2 is 0.625 bits per heavy atom. The molecule has 0 N–H and O–H groups in total. The Balaban J connectivity index is 1.00. The highest BCUT2D eigenvalue weighted by Crippen LogP contribution is 2.40. The molecule has 3 aromatic heterocycles. The molecule has 0 saturated heterocycles. The van der Waals surface area contributed by atoms with E-state index in [2.05, 4.69) is 109 Å². The summed E-state index contributed by atoms with van der Waals surface area (Å²) in [6.45, 7) is 0. The lowest BCUT2D eigenvalue weighted by molar-refractivity contribution is 0.668. The summed E-state index contributed by atoms with van der Waals surface area (Å²) in [5.41, 5.74) is 8.21. The molecule has 0 aliphatic heterocycles. The standard InChI is InChI=1S/C51H29N3O2/c1-2-10-30(11-3-1)49-52-50(54-51(53-49)34-19-23-41-40-16-8-9-17-45(40)56-48(41)29-34)33-21-25-47-44(28-33)43-27-32(20-24-46(43)55-47)31-18-22-39-37-14-5-4-12-35(37)36-13-6-7-15-38(36)42(39)26-31/h1-29H. The van der Waals surface area contributed by atoms with E-state index >= 15 is 0 Å². The fourth-order valence-electron chi connectivity index (χ4n) is 8.40. The van der Waals surface area contributed by atoms with Crippen molar-refractivity contribution in [3.05, 3.63) is 176 Å². The first-order valence-electron chi connectivity index (χ1n) is 18.8. The Morgan fingerprint density at radius 1 is 0.232 bits per heavy atom. The van der Waals surface area contributed by atoms with Gasteiger partial charge in [0.2, 0.25) is 0 Å². The lowest BCUT2D eigenvalue weighted by Crippen LogP contribution is -2.00. The van der Waals surface area contributed by atoms with Gasteiger partial charge in [0, 0.05) is 38.2 Å². The molecular weight excluding hydrogens is 687 g/mol. The van der Waals surface area contributed by atoms with E-state index in [0.717, 1.165) is 71.7 Å². The van der Waals surface area contributed by atoms with Crippen molar-refractivity contribution in [2.45, 2.75) is 0 Å². The van der Waals surface area contributed by atoms with Gasteiger partial charge >= 0.3 is 0 Å². The Morgan fingerprint density at radius 3 is 1.30 bits per heavy atom. The highest BCUT2D eigenvalue weighted by atomic mass is 16.3. The highest BCUT2D eigenvalue weighted by molar-refractivity contribution is 6.25. The molecule has 3 heterocycles. The molecule has 12 aromatic rings. The Bertz CT molecular complexity index is 3510. The van der Waals surface area contributed by atoms with Gasteiger partial charge < -0.3 is 8.83 Å². The van der Waals surface area contributed by atoms with E-state index in [1.54, 1.807) is 0 Å². The molecule has 56 heavy (non-hydrogen) atoms. The van der Waals surface area contributed by atoms with Gasteiger partial charge in [0.15, 0.2) is 17.5 Å². The van der Waals surface area contributed by atoms with Gasteiger partial charge in [-0.2, -0.15) is 0 Å². The molecule has 5 nitrogen and oxygen atoms in total. The average Bonchev–Trinajstić information content (AvgIpc) is 3.83. The number of hydrogen-bond donors (Lipinski definition) is 0. The molecule has 0 saturated carbocycles. The van der Waals surface area contributed by atoms with Crippen LogP contribution in [0.3, 0.4) is 0 Å². The molecule has 0 unspecified atom stereocenters. The van der Waals surface area contributed by atoms with Gasteiger partial charge in [-0.05, 0) is 98.0 Å². The van der Waals surface area contributed by atoms with E-state index in [1.165, 1.54) is 32.3 Å². The number of rotatable bonds is 4. The zero-order valence-corrected chi connectivity index (χ0v) is 29.9. The minimum absolute atomic E-state index is 0.576. The number of fused-ring (bicyclic) bond motifs is 12. The van der Waals surface area contributed by atoms with Crippen molar-refractivity contribution in [3.63, 3.8) is 0 Å². The minimum atomic E-state index is 0.576. The maximum Gasteiger partial charge on any atom is 0.164 e. The Kier molecular flexibility index (Phi) is 6.56. The van der Waals surface area contributed by atoms with Crippen molar-refractivity contribution in [2.75, 3.05) is 0 Å². The van der Waals surface area contributed by atoms with Crippen molar-refractivity contribution in [2.24, 2.45) is 0 Å². The minimum Gasteiger partial charge on any atom is -0.456 e. The van der Waals surface area contributed by atoms with Crippen molar-refractivity contribution in [3.8, 4) is 45.3 Å². The van der Waals surface area contributed by atoms with Gasteiger partial charge in [-0.25, -0.2) is 15.0 Å². The predicted octanol–water partition coefficient (Wildman–Crippen LogP) is 13.8. The van der Waals surface area contributed by atoms with Crippen molar-refractivity contribution in [1.82, 2.24) is 15.0 Å². The van der Waals surface area contributed by atoms with E-state index in [0.29, 0.717) is 17.5 Å². The first-order valence-corrected chi connectivity index (χ1v) is 18.8. The van der Waals surface area contributed by atoms with Crippen LogP contribution in [0.1, 0.15) is 0 Å². The summed E-state index contributed by atoms with van der Waals surface area (Å²) in [7, 11) is 0. The molecule has 0 aliphatic carbocycles. The number of benzene rings is 9. The smallest absolute Gasteiger partial charge is 0.164 e. The van der Waals surface area contributed by atoms with Crippen LogP contribution in [-0.4, -0.2) is 15.0 Å². The van der Waals surface area contributed by atoms with Crippen LogP contribution in [0.15, 0.2) is 185 Å². The molecule has 0 amide bonds. The van der Waals surface area contributed by atoms with Crippen LogP contribution >= 0.6 is 0 Å².